The van der Waals surface area contributed by atoms with Crippen molar-refractivity contribution in [1.82, 2.24) is 19.9 Å². The van der Waals surface area contributed by atoms with Crippen LogP contribution in [-0.4, -0.2) is 65.4 Å². The number of aromatic nitrogens is 4. The fourth-order valence-corrected chi connectivity index (χ4v) is 3.60. The van der Waals surface area contributed by atoms with Crippen LogP contribution in [0.5, 0.6) is 11.8 Å². The second kappa shape index (κ2) is 11.0. The van der Waals surface area contributed by atoms with Crippen LogP contribution in [0.4, 0.5) is 17.6 Å². The summed E-state index contributed by atoms with van der Waals surface area (Å²) in [7, 11) is 0. The van der Waals surface area contributed by atoms with Crippen LogP contribution in [0.25, 0.3) is 0 Å². The molecule has 1 aliphatic heterocycles. The van der Waals surface area contributed by atoms with Gasteiger partial charge in [-0.3, -0.25) is 4.79 Å². The summed E-state index contributed by atoms with van der Waals surface area (Å²) in [5.74, 6) is 1.64. The molecule has 0 unspecified atom stereocenters. The molecule has 3 heterocycles. The molecule has 12 heteroatoms. The van der Waals surface area contributed by atoms with E-state index >= 15 is 0 Å². The van der Waals surface area contributed by atoms with Gasteiger partial charge < -0.3 is 30.2 Å². The molecule has 1 fully saturated rings. The zero-order chi connectivity index (χ0) is 22.2. The molecule has 3 rings (SSSR count). The second-order valence-corrected chi connectivity index (χ2v) is 7.37. The third kappa shape index (κ3) is 6.07. The van der Waals surface area contributed by atoms with Gasteiger partial charge in [0.1, 0.15) is 16.5 Å². The maximum absolute atomic E-state index is 11.7. The Morgan fingerprint density at radius 1 is 1.13 bits per heavy atom. The molecule has 0 spiro atoms. The van der Waals surface area contributed by atoms with E-state index in [0.29, 0.717) is 79.5 Å². The maximum atomic E-state index is 11.7. The number of nitrogens with two attached hydrogens (primary N) is 1. The lowest BCUT2D eigenvalue weighted by atomic mass is 10.4. The monoisotopic (exact) mass is 449 g/mol. The zero-order valence-corrected chi connectivity index (χ0v) is 18.7. The molecule has 1 amide bonds. The maximum Gasteiger partial charge on any atom is 0.236 e. The fraction of sp³-hybridized carbons (Fsp3) is 0.526. The van der Waals surface area contributed by atoms with Crippen LogP contribution < -0.4 is 25.4 Å². The number of rotatable bonds is 9. The average Bonchev–Trinajstić information content (AvgIpc) is 2.76. The lowest BCUT2D eigenvalue weighted by Crippen LogP contribution is -2.37. The Kier molecular flexibility index (Phi) is 8.06. The highest BCUT2D eigenvalue weighted by Gasteiger charge is 2.23. The number of morpholine rings is 1. The van der Waals surface area contributed by atoms with Gasteiger partial charge in [-0.2, -0.15) is 9.97 Å². The van der Waals surface area contributed by atoms with Crippen molar-refractivity contribution >= 4 is 35.3 Å². The van der Waals surface area contributed by atoms with Crippen LogP contribution in [0, 0.1) is 0 Å². The Morgan fingerprint density at radius 3 is 2.35 bits per heavy atom. The summed E-state index contributed by atoms with van der Waals surface area (Å²) in [6.45, 7) is 8.91. The summed E-state index contributed by atoms with van der Waals surface area (Å²) in [6, 6.07) is 1.50. The van der Waals surface area contributed by atoms with Gasteiger partial charge in [0.05, 0.1) is 26.4 Å². The number of amides is 1. The minimum absolute atomic E-state index is 0.169. The van der Waals surface area contributed by atoms with Crippen LogP contribution >= 0.6 is 11.8 Å². The van der Waals surface area contributed by atoms with Crippen LogP contribution in [0.15, 0.2) is 16.1 Å². The predicted molar refractivity (Wildman–Crippen MR) is 117 cm³/mol. The Morgan fingerprint density at radius 2 is 1.77 bits per heavy atom. The highest BCUT2D eigenvalue weighted by molar-refractivity contribution is 7.99. The largest absolute Gasteiger partial charge is 0.477 e. The molecule has 11 nitrogen and oxygen atoms in total. The van der Waals surface area contributed by atoms with Gasteiger partial charge in [-0.1, -0.05) is 6.92 Å². The van der Waals surface area contributed by atoms with Gasteiger partial charge in [-0.15, -0.1) is 0 Å². The van der Waals surface area contributed by atoms with Crippen LogP contribution in [0.2, 0.25) is 0 Å². The molecule has 2 aromatic rings. The smallest absolute Gasteiger partial charge is 0.236 e. The van der Waals surface area contributed by atoms with E-state index in [2.05, 4.69) is 25.3 Å². The molecule has 0 aliphatic carbocycles. The molecule has 168 valence electrons. The molecule has 3 N–H and O–H groups in total. The number of nitrogens with zero attached hydrogens (tertiary/aromatic N) is 5. The van der Waals surface area contributed by atoms with E-state index in [1.807, 2.05) is 18.7 Å². The van der Waals surface area contributed by atoms with E-state index < -0.39 is 0 Å². The number of nitrogen functional groups attached to an aromatic ring is 1. The zero-order valence-electron chi connectivity index (χ0n) is 17.9. The van der Waals surface area contributed by atoms with E-state index in [1.54, 1.807) is 6.92 Å². The third-order valence-electron chi connectivity index (χ3n) is 4.16. The summed E-state index contributed by atoms with van der Waals surface area (Å²) in [4.78, 5) is 32.2. The third-order valence-corrected chi connectivity index (χ3v) is 5.07. The highest BCUT2D eigenvalue weighted by Crippen LogP contribution is 2.40. The fourth-order valence-electron chi connectivity index (χ4n) is 2.74. The molecule has 0 atom stereocenters. The lowest BCUT2D eigenvalue weighted by Gasteiger charge is -2.27. The standard InChI is InChI=1S/C19H27N7O4S/c1-4-14(27)22-13-11-12(20)21-19(23-13)31-15-16(29-5-2)24-18(25-17(15)30-6-3)26-7-9-28-10-8-26/h11H,4-10H2,1-3H3,(H3,20,21,22,23,27). The summed E-state index contributed by atoms with van der Waals surface area (Å²) < 4.78 is 17.0. The van der Waals surface area contributed by atoms with Gasteiger partial charge in [-0.25, -0.2) is 9.97 Å². The minimum Gasteiger partial charge on any atom is -0.477 e. The van der Waals surface area contributed by atoms with Crippen LogP contribution in [-0.2, 0) is 9.53 Å². The van der Waals surface area contributed by atoms with Gasteiger partial charge in [0.25, 0.3) is 0 Å². The van der Waals surface area contributed by atoms with E-state index in [4.69, 9.17) is 19.9 Å². The van der Waals surface area contributed by atoms with E-state index in [0.717, 1.165) is 0 Å². The molecule has 0 aromatic carbocycles. The number of nitrogens with one attached hydrogen (secondary N) is 1. The summed E-state index contributed by atoms with van der Waals surface area (Å²) >= 11 is 1.17. The number of hydrogen-bond donors (Lipinski definition) is 2. The normalized spacial score (nSPS) is 13.7. The minimum atomic E-state index is -0.169. The summed E-state index contributed by atoms with van der Waals surface area (Å²) in [6.07, 6.45) is 0.326. The Bertz CT molecular complexity index is 882. The predicted octanol–water partition coefficient (Wildman–Crippen LogP) is 1.98. The molecule has 0 radical (unpaired) electrons. The molecule has 0 bridgehead atoms. The Labute approximate surface area is 185 Å². The van der Waals surface area contributed by atoms with Crippen molar-refractivity contribution in [2.24, 2.45) is 0 Å². The second-order valence-electron chi connectivity index (χ2n) is 6.39. The molecule has 31 heavy (non-hydrogen) atoms. The molecular formula is C19H27N7O4S. The van der Waals surface area contributed by atoms with Crippen molar-refractivity contribution in [2.75, 3.05) is 55.5 Å². The topological polar surface area (TPSA) is 138 Å². The number of hydrogen-bond acceptors (Lipinski definition) is 11. The molecular weight excluding hydrogens is 422 g/mol. The van der Waals surface area contributed by atoms with Crippen molar-refractivity contribution in [3.63, 3.8) is 0 Å². The quantitative estimate of drug-likeness (QED) is 0.543. The SMILES string of the molecule is CCOc1nc(N2CCOCC2)nc(OCC)c1Sc1nc(N)cc(NC(=O)CC)n1. The van der Waals surface area contributed by atoms with Gasteiger partial charge in [0.2, 0.25) is 23.6 Å². The van der Waals surface area contributed by atoms with Crippen molar-refractivity contribution in [1.29, 1.82) is 0 Å². The Hall–Kier alpha value is -2.86. The first-order chi connectivity index (χ1) is 15.0. The van der Waals surface area contributed by atoms with Gasteiger partial charge in [0.15, 0.2) is 5.16 Å². The van der Waals surface area contributed by atoms with Crippen molar-refractivity contribution < 1.29 is 19.0 Å². The first-order valence-electron chi connectivity index (χ1n) is 10.2. The van der Waals surface area contributed by atoms with Gasteiger partial charge in [-0.05, 0) is 25.6 Å². The summed E-state index contributed by atoms with van der Waals surface area (Å²) in [5.41, 5.74) is 5.92. The number of ether oxygens (including phenoxy) is 3. The first-order valence-corrected chi connectivity index (χ1v) is 11.0. The van der Waals surface area contributed by atoms with Gasteiger partial charge >= 0.3 is 0 Å². The number of carbonyl (C=O) groups is 1. The number of carbonyl (C=O) groups excluding carboxylic acids is 1. The number of anilines is 3. The summed E-state index contributed by atoms with van der Waals surface area (Å²) in [5, 5.41) is 3.01. The Balaban J connectivity index is 1.97. The van der Waals surface area contributed by atoms with Crippen molar-refractivity contribution in [3.05, 3.63) is 6.07 Å². The molecule has 2 aromatic heterocycles. The lowest BCUT2D eigenvalue weighted by molar-refractivity contribution is -0.115. The van der Waals surface area contributed by atoms with E-state index in [1.165, 1.54) is 17.8 Å². The van der Waals surface area contributed by atoms with Gasteiger partial charge in [0, 0.05) is 25.6 Å². The van der Waals surface area contributed by atoms with Crippen LogP contribution in [0.3, 0.4) is 0 Å². The highest BCUT2D eigenvalue weighted by atomic mass is 32.2. The van der Waals surface area contributed by atoms with E-state index in [-0.39, 0.29) is 11.7 Å². The molecule has 1 saturated heterocycles. The molecule has 1 aliphatic rings. The van der Waals surface area contributed by atoms with Crippen LogP contribution in [0.1, 0.15) is 27.2 Å². The van der Waals surface area contributed by atoms with Crippen molar-refractivity contribution in [2.45, 2.75) is 37.2 Å². The first kappa shape index (κ1) is 22.8. The van der Waals surface area contributed by atoms with Crippen molar-refractivity contribution in [3.8, 4) is 11.8 Å². The molecule has 0 saturated carbocycles. The van der Waals surface area contributed by atoms with E-state index in [9.17, 15) is 4.79 Å². The average molecular weight is 450 g/mol.